The van der Waals surface area contributed by atoms with Crippen molar-refractivity contribution in [3.05, 3.63) is 48.3 Å². The third kappa shape index (κ3) is 3.12. The smallest absolute Gasteiger partial charge is 0.238 e. The molecule has 0 saturated heterocycles. The average molecular weight is 292 g/mol. The van der Waals surface area contributed by atoms with Crippen LogP contribution in [0.2, 0.25) is 0 Å². The van der Waals surface area contributed by atoms with Crippen LogP contribution in [0.25, 0.3) is 0 Å². The van der Waals surface area contributed by atoms with Gasteiger partial charge in [-0.2, -0.15) is 0 Å². The molecule has 0 unspecified atom stereocenters. The Morgan fingerprint density at radius 1 is 1.15 bits per heavy atom. The zero-order valence-electron chi connectivity index (χ0n) is 11.3. The number of benzene rings is 1. The quantitative estimate of drug-likeness (QED) is 0.918. The van der Waals surface area contributed by atoms with Gasteiger partial charge in [0.05, 0.1) is 10.9 Å². The molecule has 1 atom stereocenters. The van der Waals surface area contributed by atoms with Crippen LogP contribution in [-0.2, 0) is 10.0 Å². The van der Waals surface area contributed by atoms with Gasteiger partial charge in [-0.1, -0.05) is 12.1 Å². The topological polar surface area (TPSA) is 89.2 Å². The van der Waals surface area contributed by atoms with E-state index in [1.807, 2.05) is 18.9 Å². The van der Waals surface area contributed by atoms with Crippen molar-refractivity contribution in [3.63, 3.8) is 0 Å². The number of anilines is 1. The molecule has 0 aliphatic carbocycles. The molecule has 7 heteroatoms. The second kappa shape index (κ2) is 5.56. The zero-order chi connectivity index (χ0) is 14.8. The third-order valence-electron chi connectivity index (χ3n) is 3.14. The van der Waals surface area contributed by atoms with Gasteiger partial charge < -0.3 is 4.90 Å². The summed E-state index contributed by atoms with van der Waals surface area (Å²) in [5.41, 5.74) is 0.951. The number of hydrogen-bond donors (Lipinski definition) is 1. The van der Waals surface area contributed by atoms with Gasteiger partial charge in [-0.3, -0.25) is 0 Å². The predicted molar refractivity (Wildman–Crippen MR) is 76.7 cm³/mol. The Balaban J connectivity index is 2.23. The van der Waals surface area contributed by atoms with Crippen molar-refractivity contribution >= 4 is 16.0 Å². The molecule has 0 aliphatic heterocycles. The van der Waals surface area contributed by atoms with E-state index in [0.717, 1.165) is 5.56 Å². The molecule has 2 N–H and O–H groups in total. The van der Waals surface area contributed by atoms with Gasteiger partial charge in [-0.05, 0) is 30.7 Å². The van der Waals surface area contributed by atoms with Crippen molar-refractivity contribution in [2.45, 2.75) is 17.9 Å². The summed E-state index contributed by atoms with van der Waals surface area (Å²) in [4.78, 5) is 10.4. The van der Waals surface area contributed by atoms with Crippen LogP contribution < -0.4 is 10.0 Å². The lowest BCUT2D eigenvalue weighted by atomic mass is 10.1. The molecule has 2 aromatic rings. The van der Waals surface area contributed by atoms with Crippen LogP contribution >= 0.6 is 0 Å². The first-order chi connectivity index (χ1) is 9.39. The summed E-state index contributed by atoms with van der Waals surface area (Å²) < 4.78 is 22.4. The molecule has 0 spiro atoms. The first-order valence-corrected chi connectivity index (χ1v) is 7.57. The van der Waals surface area contributed by atoms with E-state index in [4.69, 9.17) is 5.14 Å². The minimum Gasteiger partial charge on any atom is -0.337 e. The maximum Gasteiger partial charge on any atom is 0.238 e. The third-order valence-corrected chi connectivity index (χ3v) is 4.07. The number of sulfonamides is 1. The standard InChI is InChI=1S/C13H16N4O2S/c1-10(17(2)13-15-8-3-9-16-13)11-4-6-12(7-5-11)20(14,18)19/h3-10H,1-2H3,(H2,14,18,19)/t10-/m1/s1. The molecular formula is C13H16N4O2S. The molecule has 2 rings (SSSR count). The van der Waals surface area contributed by atoms with E-state index in [2.05, 4.69) is 9.97 Å². The van der Waals surface area contributed by atoms with Crippen LogP contribution in [-0.4, -0.2) is 25.4 Å². The molecule has 1 heterocycles. The lowest BCUT2D eigenvalue weighted by molar-refractivity contribution is 0.597. The molecule has 1 aromatic heterocycles. The number of nitrogens with zero attached hydrogens (tertiary/aromatic N) is 3. The Hall–Kier alpha value is -1.99. The lowest BCUT2D eigenvalue weighted by Crippen LogP contribution is -2.23. The summed E-state index contributed by atoms with van der Waals surface area (Å²) in [5.74, 6) is 0.607. The second-order valence-electron chi connectivity index (χ2n) is 4.45. The summed E-state index contributed by atoms with van der Waals surface area (Å²) in [7, 11) is -1.77. The number of rotatable bonds is 4. The molecule has 0 saturated carbocycles. The summed E-state index contributed by atoms with van der Waals surface area (Å²) in [6.45, 7) is 1.99. The van der Waals surface area contributed by atoms with Crippen LogP contribution in [0.4, 0.5) is 5.95 Å². The fourth-order valence-electron chi connectivity index (χ4n) is 1.81. The fourth-order valence-corrected chi connectivity index (χ4v) is 2.32. The molecular weight excluding hydrogens is 276 g/mol. The Morgan fingerprint density at radius 2 is 1.70 bits per heavy atom. The van der Waals surface area contributed by atoms with Crippen LogP contribution in [0.3, 0.4) is 0 Å². The van der Waals surface area contributed by atoms with E-state index >= 15 is 0 Å². The first kappa shape index (κ1) is 14.4. The van der Waals surface area contributed by atoms with Gasteiger partial charge in [0.15, 0.2) is 0 Å². The number of hydrogen-bond acceptors (Lipinski definition) is 5. The van der Waals surface area contributed by atoms with Crippen LogP contribution in [0, 0.1) is 0 Å². The van der Waals surface area contributed by atoms with Gasteiger partial charge >= 0.3 is 0 Å². The monoisotopic (exact) mass is 292 g/mol. The van der Waals surface area contributed by atoms with Gasteiger partial charge in [-0.15, -0.1) is 0 Å². The van der Waals surface area contributed by atoms with Crippen LogP contribution in [0.1, 0.15) is 18.5 Å². The van der Waals surface area contributed by atoms with E-state index in [0.29, 0.717) is 5.95 Å². The van der Waals surface area contributed by atoms with Crippen molar-refractivity contribution in [1.29, 1.82) is 0 Å². The lowest BCUT2D eigenvalue weighted by Gasteiger charge is -2.25. The predicted octanol–water partition coefficient (Wildman–Crippen LogP) is 1.32. The van der Waals surface area contributed by atoms with Gasteiger partial charge in [0.1, 0.15) is 0 Å². The number of aromatic nitrogens is 2. The fraction of sp³-hybridized carbons (Fsp3) is 0.231. The highest BCUT2D eigenvalue weighted by Gasteiger charge is 2.15. The second-order valence-corrected chi connectivity index (χ2v) is 6.01. The first-order valence-electron chi connectivity index (χ1n) is 6.02. The Bertz CT molecular complexity index is 671. The van der Waals surface area contributed by atoms with Crippen molar-refractivity contribution in [1.82, 2.24) is 9.97 Å². The zero-order valence-corrected chi connectivity index (χ0v) is 12.1. The normalized spacial score (nSPS) is 12.9. The van der Waals surface area contributed by atoms with E-state index in [1.165, 1.54) is 12.1 Å². The molecule has 0 amide bonds. The summed E-state index contributed by atoms with van der Waals surface area (Å²) in [6.07, 6.45) is 3.35. The molecule has 0 bridgehead atoms. The molecule has 1 aromatic carbocycles. The minimum atomic E-state index is -3.66. The maximum atomic E-state index is 11.2. The Morgan fingerprint density at radius 3 is 2.20 bits per heavy atom. The van der Waals surface area contributed by atoms with E-state index in [-0.39, 0.29) is 10.9 Å². The highest BCUT2D eigenvalue weighted by molar-refractivity contribution is 7.89. The van der Waals surface area contributed by atoms with E-state index < -0.39 is 10.0 Å². The minimum absolute atomic E-state index is 0.00642. The van der Waals surface area contributed by atoms with Gasteiger partial charge in [0.25, 0.3) is 0 Å². The van der Waals surface area contributed by atoms with Gasteiger partial charge in [-0.25, -0.2) is 23.5 Å². The Kier molecular flexibility index (Phi) is 4.01. The summed E-state index contributed by atoms with van der Waals surface area (Å²) in [5, 5.41) is 5.08. The highest BCUT2D eigenvalue weighted by atomic mass is 32.2. The molecule has 0 aliphatic rings. The summed E-state index contributed by atoms with van der Waals surface area (Å²) >= 11 is 0. The highest BCUT2D eigenvalue weighted by Crippen LogP contribution is 2.23. The number of nitrogens with two attached hydrogens (primary N) is 1. The van der Waals surface area contributed by atoms with E-state index in [9.17, 15) is 8.42 Å². The SMILES string of the molecule is C[C@H](c1ccc(S(N)(=O)=O)cc1)N(C)c1ncccn1. The largest absolute Gasteiger partial charge is 0.337 e. The molecule has 0 fully saturated rings. The number of primary sulfonamides is 1. The van der Waals surface area contributed by atoms with Crippen molar-refractivity contribution in [3.8, 4) is 0 Å². The van der Waals surface area contributed by atoms with Gasteiger partial charge in [0, 0.05) is 19.4 Å². The molecule has 6 nitrogen and oxygen atoms in total. The van der Waals surface area contributed by atoms with Crippen LogP contribution in [0.15, 0.2) is 47.6 Å². The maximum absolute atomic E-state index is 11.2. The molecule has 106 valence electrons. The van der Waals surface area contributed by atoms with Gasteiger partial charge in [0.2, 0.25) is 16.0 Å². The van der Waals surface area contributed by atoms with Crippen molar-refractivity contribution in [2.75, 3.05) is 11.9 Å². The van der Waals surface area contributed by atoms with Crippen molar-refractivity contribution in [2.24, 2.45) is 5.14 Å². The van der Waals surface area contributed by atoms with E-state index in [1.54, 1.807) is 30.6 Å². The van der Waals surface area contributed by atoms with Crippen LogP contribution in [0.5, 0.6) is 0 Å². The summed E-state index contributed by atoms with van der Waals surface area (Å²) in [6, 6.07) is 8.24. The Labute approximate surface area is 118 Å². The van der Waals surface area contributed by atoms with Crippen molar-refractivity contribution < 1.29 is 8.42 Å². The average Bonchev–Trinajstić information content (AvgIpc) is 2.46. The molecule has 20 heavy (non-hydrogen) atoms. The molecule has 0 radical (unpaired) electrons.